The molecule has 4 heteroatoms. The van der Waals surface area contributed by atoms with Gasteiger partial charge in [0.2, 0.25) is 0 Å². The molecule has 2 aromatic rings. The fraction of sp³-hybridized carbons (Fsp3) is 0.417. The van der Waals surface area contributed by atoms with Gasteiger partial charge in [-0.1, -0.05) is 12.8 Å². The van der Waals surface area contributed by atoms with Crippen molar-refractivity contribution >= 4 is 27.0 Å². The first-order valence-corrected chi connectivity index (χ1v) is 6.33. The fourth-order valence-corrected chi connectivity index (χ4v) is 2.29. The summed E-state index contributed by atoms with van der Waals surface area (Å²) in [4.78, 5) is 4.22. The molecule has 0 aliphatic heterocycles. The number of nitrogens with zero attached hydrogens (tertiary/aromatic N) is 2. The van der Waals surface area contributed by atoms with Crippen LogP contribution in [0.15, 0.2) is 22.9 Å². The van der Waals surface area contributed by atoms with Gasteiger partial charge in [0, 0.05) is 12.6 Å². The monoisotopic (exact) mass is 282 g/mol. The Kier molecular flexibility index (Phi) is 2.46. The molecule has 1 aromatic carbocycles. The van der Waals surface area contributed by atoms with Crippen LogP contribution >= 0.6 is 15.9 Å². The largest absolute Gasteiger partial charge is 0.331 e. The van der Waals surface area contributed by atoms with Crippen LogP contribution in [-0.4, -0.2) is 9.55 Å². The lowest BCUT2D eigenvalue weighted by Crippen LogP contribution is -1.97. The number of fused-ring (bicyclic) bond motifs is 1. The van der Waals surface area contributed by atoms with Crippen LogP contribution in [0.25, 0.3) is 11.0 Å². The summed E-state index contributed by atoms with van der Waals surface area (Å²) < 4.78 is 15.9. The Morgan fingerprint density at radius 1 is 1.44 bits per heavy atom. The standard InChI is InChI=1S/C12H12BrFN2/c13-9-5-12-11(6-10(9)14)15-7-16(12)4-3-8-1-2-8/h5-8H,1-4H2. The lowest BCUT2D eigenvalue weighted by molar-refractivity contribution is 0.606. The van der Waals surface area contributed by atoms with E-state index in [0.717, 1.165) is 23.5 Å². The topological polar surface area (TPSA) is 17.8 Å². The number of hydrogen-bond donors (Lipinski definition) is 0. The molecular weight excluding hydrogens is 271 g/mol. The second-order valence-electron chi connectivity index (χ2n) is 4.43. The summed E-state index contributed by atoms with van der Waals surface area (Å²) in [5.41, 5.74) is 1.74. The number of halogens is 2. The molecule has 2 nitrogen and oxygen atoms in total. The Bertz CT molecular complexity index is 531. The average molecular weight is 283 g/mol. The van der Waals surface area contributed by atoms with Crippen LogP contribution in [0, 0.1) is 11.7 Å². The number of imidazole rings is 1. The molecule has 84 valence electrons. The van der Waals surface area contributed by atoms with E-state index in [-0.39, 0.29) is 5.82 Å². The Morgan fingerprint density at radius 2 is 2.25 bits per heavy atom. The van der Waals surface area contributed by atoms with Crippen LogP contribution < -0.4 is 0 Å². The zero-order chi connectivity index (χ0) is 11.1. The highest BCUT2D eigenvalue weighted by molar-refractivity contribution is 9.10. The van der Waals surface area contributed by atoms with E-state index in [9.17, 15) is 4.39 Å². The van der Waals surface area contributed by atoms with E-state index in [1.165, 1.54) is 25.3 Å². The van der Waals surface area contributed by atoms with Gasteiger partial charge < -0.3 is 4.57 Å². The molecule has 1 fully saturated rings. The minimum Gasteiger partial charge on any atom is -0.331 e. The molecule has 1 aromatic heterocycles. The smallest absolute Gasteiger partial charge is 0.139 e. The third-order valence-corrected chi connectivity index (χ3v) is 3.75. The van der Waals surface area contributed by atoms with Crippen molar-refractivity contribution in [1.82, 2.24) is 9.55 Å². The first kappa shape index (κ1) is 10.3. The van der Waals surface area contributed by atoms with Gasteiger partial charge in [-0.05, 0) is 34.3 Å². The Hall–Kier alpha value is -0.900. The van der Waals surface area contributed by atoms with Crippen LogP contribution in [0.4, 0.5) is 4.39 Å². The molecule has 0 radical (unpaired) electrons. The van der Waals surface area contributed by atoms with Gasteiger partial charge in [0.25, 0.3) is 0 Å². The van der Waals surface area contributed by atoms with Crippen molar-refractivity contribution in [2.45, 2.75) is 25.8 Å². The Morgan fingerprint density at radius 3 is 3.00 bits per heavy atom. The minimum absolute atomic E-state index is 0.250. The number of rotatable bonds is 3. The van der Waals surface area contributed by atoms with Crippen LogP contribution in [0.3, 0.4) is 0 Å². The molecule has 0 N–H and O–H groups in total. The van der Waals surface area contributed by atoms with E-state index >= 15 is 0 Å². The average Bonchev–Trinajstić information content (AvgIpc) is 3.01. The van der Waals surface area contributed by atoms with E-state index in [1.54, 1.807) is 6.33 Å². The highest BCUT2D eigenvalue weighted by atomic mass is 79.9. The number of hydrogen-bond acceptors (Lipinski definition) is 1. The second kappa shape index (κ2) is 3.84. The Balaban J connectivity index is 1.94. The molecule has 0 unspecified atom stereocenters. The number of benzene rings is 1. The maximum absolute atomic E-state index is 13.3. The van der Waals surface area contributed by atoms with Gasteiger partial charge in [-0.15, -0.1) is 0 Å². The minimum atomic E-state index is -0.250. The van der Waals surface area contributed by atoms with Gasteiger partial charge in [0.15, 0.2) is 0 Å². The zero-order valence-electron chi connectivity index (χ0n) is 8.79. The summed E-state index contributed by atoms with van der Waals surface area (Å²) in [7, 11) is 0. The van der Waals surface area contributed by atoms with Crippen molar-refractivity contribution in [3.63, 3.8) is 0 Å². The van der Waals surface area contributed by atoms with Crippen molar-refractivity contribution in [2.24, 2.45) is 5.92 Å². The van der Waals surface area contributed by atoms with Crippen molar-refractivity contribution in [3.05, 3.63) is 28.7 Å². The van der Waals surface area contributed by atoms with Gasteiger partial charge in [-0.2, -0.15) is 0 Å². The quantitative estimate of drug-likeness (QED) is 0.839. The summed E-state index contributed by atoms with van der Waals surface area (Å²) in [5.74, 6) is 0.654. The maximum atomic E-state index is 13.3. The first-order valence-electron chi connectivity index (χ1n) is 5.54. The number of aromatic nitrogens is 2. The van der Waals surface area contributed by atoms with Gasteiger partial charge in [-0.3, -0.25) is 0 Å². The van der Waals surface area contributed by atoms with Crippen molar-refractivity contribution in [2.75, 3.05) is 0 Å². The lowest BCUT2D eigenvalue weighted by atomic mass is 10.2. The van der Waals surface area contributed by atoms with Gasteiger partial charge in [-0.25, -0.2) is 9.37 Å². The summed E-state index contributed by atoms with van der Waals surface area (Å²) in [6, 6.07) is 3.29. The molecule has 0 atom stereocenters. The van der Waals surface area contributed by atoms with E-state index in [4.69, 9.17) is 0 Å². The van der Waals surface area contributed by atoms with Crippen LogP contribution in [0.5, 0.6) is 0 Å². The number of aryl methyl sites for hydroxylation is 1. The first-order chi connectivity index (χ1) is 7.74. The van der Waals surface area contributed by atoms with Crippen molar-refractivity contribution < 1.29 is 4.39 Å². The molecule has 1 aliphatic carbocycles. The van der Waals surface area contributed by atoms with E-state index in [0.29, 0.717) is 4.47 Å². The van der Waals surface area contributed by atoms with Crippen LogP contribution in [0.1, 0.15) is 19.3 Å². The molecule has 1 aliphatic rings. The SMILES string of the molecule is Fc1cc2ncn(CCC3CC3)c2cc1Br. The van der Waals surface area contributed by atoms with Crippen molar-refractivity contribution in [3.8, 4) is 0 Å². The summed E-state index contributed by atoms with van der Waals surface area (Å²) >= 11 is 3.21. The highest BCUT2D eigenvalue weighted by Gasteiger charge is 2.21. The summed E-state index contributed by atoms with van der Waals surface area (Å²) in [6.45, 7) is 0.985. The fourth-order valence-electron chi connectivity index (χ4n) is 1.96. The van der Waals surface area contributed by atoms with E-state index in [1.807, 2.05) is 6.07 Å². The van der Waals surface area contributed by atoms with Crippen LogP contribution in [0.2, 0.25) is 0 Å². The predicted octanol–water partition coefficient (Wildman–Crippen LogP) is 3.74. The molecule has 0 bridgehead atoms. The lowest BCUT2D eigenvalue weighted by Gasteiger charge is -2.03. The third kappa shape index (κ3) is 1.86. The predicted molar refractivity (Wildman–Crippen MR) is 64.7 cm³/mol. The molecule has 0 spiro atoms. The molecule has 1 saturated carbocycles. The molecular formula is C12H12BrFN2. The van der Waals surface area contributed by atoms with E-state index < -0.39 is 0 Å². The molecule has 0 saturated heterocycles. The second-order valence-corrected chi connectivity index (χ2v) is 5.28. The molecule has 1 heterocycles. The maximum Gasteiger partial charge on any atom is 0.139 e. The zero-order valence-corrected chi connectivity index (χ0v) is 10.4. The van der Waals surface area contributed by atoms with Crippen molar-refractivity contribution in [1.29, 1.82) is 0 Å². The molecule has 3 rings (SSSR count). The summed E-state index contributed by atoms with van der Waals surface area (Å²) in [6.07, 6.45) is 5.75. The Labute approximate surface area is 102 Å². The van der Waals surface area contributed by atoms with Gasteiger partial charge >= 0.3 is 0 Å². The van der Waals surface area contributed by atoms with Gasteiger partial charge in [0.05, 0.1) is 21.8 Å². The normalized spacial score (nSPS) is 15.9. The molecule has 16 heavy (non-hydrogen) atoms. The van der Waals surface area contributed by atoms with Gasteiger partial charge in [0.1, 0.15) is 5.82 Å². The molecule has 0 amide bonds. The van der Waals surface area contributed by atoms with Crippen LogP contribution in [-0.2, 0) is 6.54 Å². The highest BCUT2D eigenvalue weighted by Crippen LogP contribution is 2.33. The van der Waals surface area contributed by atoms with E-state index in [2.05, 4.69) is 25.5 Å². The summed E-state index contributed by atoms with van der Waals surface area (Å²) in [5, 5.41) is 0. The third-order valence-electron chi connectivity index (χ3n) is 3.14.